The fourth-order valence-corrected chi connectivity index (χ4v) is 2.88. The summed E-state index contributed by atoms with van der Waals surface area (Å²) in [4.78, 5) is 12.3. The Hall–Kier alpha value is -3.15. The van der Waals surface area contributed by atoms with Crippen LogP contribution in [0.25, 0.3) is 22.0 Å². The third-order valence-electron chi connectivity index (χ3n) is 4.32. The number of nitrogen functional groups attached to an aromatic ring is 1. The molecule has 2 aromatic carbocycles. The van der Waals surface area contributed by atoms with E-state index >= 15 is 0 Å². The molecule has 3 aromatic rings. The van der Waals surface area contributed by atoms with Crippen LogP contribution in [0.1, 0.15) is 29.4 Å². The second-order valence-electron chi connectivity index (χ2n) is 6.10. The molecule has 6 heteroatoms. The van der Waals surface area contributed by atoms with Crippen LogP contribution < -0.4 is 15.8 Å². The van der Waals surface area contributed by atoms with Gasteiger partial charge in [-0.15, -0.1) is 10.2 Å². The number of nitrogens with one attached hydrogen (secondary N) is 1. The zero-order chi connectivity index (χ0) is 18.7. The lowest BCUT2D eigenvalue weighted by Gasteiger charge is -2.13. The number of rotatable bonds is 5. The molecule has 0 spiro atoms. The molecule has 0 fully saturated rings. The van der Waals surface area contributed by atoms with Gasteiger partial charge in [0.2, 0.25) is 0 Å². The maximum atomic E-state index is 12.3. The third-order valence-corrected chi connectivity index (χ3v) is 4.32. The molecule has 0 radical (unpaired) electrons. The van der Waals surface area contributed by atoms with Crippen LogP contribution in [0.4, 0.5) is 5.69 Å². The van der Waals surface area contributed by atoms with E-state index in [0.29, 0.717) is 23.1 Å². The number of fused-ring (bicyclic) bond motifs is 1. The van der Waals surface area contributed by atoms with Crippen LogP contribution in [0.15, 0.2) is 36.4 Å². The van der Waals surface area contributed by atoms with Crippen molar-refractivity contribution in [1.29, 1.82) is 0 Å². The van der Waals surface area contributed by atoms with Crippen molar-refractivity contribution in [1.82, 2.24) is 15.5 Å². The van der Waals surface area contributed by atoms with Crippen molar-refractivity contribution >= 4 is 22.5 Å². The summed E-state index contributed by atoms with van der Waals surface area (Å²) in [7, 11) is 1.64. The number of carbonyl (C=O) groups is 1. The van der Waals surface area contributed by atoms with E-state index in [1.807, 2.05) is 50.2 Å². The molecule has 0 aliphatic carbocycles. The number of aryl methyl sites for hydroxylation is 1. The summed E-state index contributed by atoms with van der Waals surface area (Å²) < 4.78 is 5.34. The van der Waals surface area contributed by atoms with Gasteiger partial charge in [0.1, 0.15) is 11.3 Å². The van der Waals surface area contributed by atoms with Gasteiger partial charge >= 0.3 is 0 Å². The van der Waals surface area contributed by atoms with Crippen molar-refractivity contribution < 1.29 is 9.53 Å². The molecule has 0 saturated carbocycles. The van der Waals surface area contributed by atoms with Gasteiger partial charge in [0, 0.05) is 17.5 Å². The average molecular weight is 350 g/mol. The maximum Gasteiger partial charge on any atom is 0.273 e. The largest absolute Gasteiger partial charge is 0.497 e. The van der Waals surface area contributed by atoms with Crippen molar-refractivity contribution in [3.05, 3.63) is 47.7 Å². The highest BCUT2D eigenvalue weighted by molar-refractivity contribution is 6.07. The molecule has 1 amide bonds. The highest BCUT2D eigenvalue weighted by Crippen LogP contribution is 2.34. The van der Waals surface area contributed by atoms with Gasteiger partial charge in [-0.1, -0.05) is 31.2 Å². The molecule has 1 aromatic heterocycles. The second kappa shape index (κ2) is 7.39. The van der Waals surface area contributed by atoms with E-state index in [-0.39, 0.29) is 11.6 Å². The average Bonchev–Trinajstić information content (AvgIpc) is 2.66. The number of amides is 1. The van der Waals surface area contributed by atoms with Crippen molar-refractivity contribution in [2.45, 2.75) is 20.3 Å². The first-order chi connectivity index (χ1) is 12.6. The fraction of sp³-hybridized carbons (Fsp3) is 0.250. The number of hydrogen-bond acceptors (Lipinski definition) is 5. The molecule has 0 bridgehead atoms. The molecule has 0 aliphatic heterocycles. The van der Waals surface area contributed by atoms with Crippen LogP contribution >= 0.6 is 0 Å². The van der Waals surface area contributed by atoms with E-state index in [0.717, 1.165) is 28.9 Å². The van der Waals surface area contributed by atoms with E-state index in [2.05, 4.69) is 15.5 Å². The molecule has 6 nitrogen and oxygen atoms in total. The van der Waals surface area contributed by atoms with E-state index in [4.69, 9.17) is 10.5 Å². The summed E-state index contributed by atoms with van der Waals surface area (Å²) >= 11 is 0. The zero-order valence-electron chi connectivity index (χ0n) is 15.2. The normalized spacial score (nSPS) is 10.7. The number of hydrogen-bond donors (Lipinski definition) is 2. The molecule has 0 atom stereocenters. The van der Waals surface area contributed by atoms with E-state index in [1.165, 1.54) is 0 Å². The Morgan fingerprint density at radius 2 is 2.00 bits per heavy atom. The Morgan fingerprint density at radius 1 is 1.19 bits per heavy atom. The molecule has 1 heterocycles. The summed E-state index contributed by atoms with van der Waals surface area (Å²) in [5, 5.41) is 11.9. The van der Waals surface area contributed by atoms with Crippen LogP contribution in [0.3, 0.4) is 0 Å². The van der Waals surface area contributed by atoms with Gasteiger partial charge in [0.15, 0.2) is 5.69 Å². The van der Waals surface area contributed by atoms with Crippen LogP contribution in [0, 0.1) is 6.92 Å². The number of aromatic nitrogens is 2. The third kappa shape index (κ3) is 3.18. The van der Waals surface area contributed by atoms with Crippen LogP contribution in [0.2, 0.25) is 0 Å². The first-order valence-corrected chi connectivity index (χ1v) is 8.55. The molecule has 0 aliphatic rings. The number of benzene rings is 2. The number of carbonyl (C=O) groups excluding carboxylic acids is 1. The Morgan fingerprint density at radius 3 is 2.73 bits per heavy atom. The van der Waals surface area contributed by atoms with Crippen LogP contribution in [0.5, 0.6) is 5.75 Å². The Bertz CT molecular complexity index is 969. The van der Waals surface area contributed by atoms with Crippen molar-refractivity contribution in [3.8, 4) is 16.9 Å². The smallest absolute Gasteiger partial charge is 0.273 e. The number of ether oxygens (including phenoxy) is 1. The van der Waals surface area contributed by atoms with Crippen molar-refractivity contribution in [2.24, 2.45) is 0 Å². The Balaban J connectivity index is 2.15. The predicted molar refractivity (Wildman–Crippen MR) is 103 cm³/mol. The lowest BCUT2D eigenvalue weighted by molar-refractivity contribution is 0.0949. The molecule has 134 valence electrons. The summed E-state index contributed by atoms with van der Waals surface area (Å²) in [6.07, 6.45) is 0.839. The Kier molecular flexibility index (Phi) is 5.02. The van der Waals surface area contributed by atoms with Gasteiger partial charge in [0.05, 0.1) is 12.8 Å². The van der Waals surface area contributed by atoms with Gasteiger partial charge in [-0.25, -0.2) is 0 Å². The number of methoxy groups -OCH3 is 1. The van der Waals surface area contributed by atoms with Crippen LogP contribution in [-0.2, 0) is 0 Å². The molecule has 0 saturated heterocycles. The SMILES string of the molecule is CCCNC(=O)c1nnc2c(-c3cc(OC)ccc3C)cccc2c1N. The summed E-state index contributed by atoms with van der Waals surface area (Å²) in [6.45, 7) is 4.58. The minimum Gasteiger partial charge on any atom is -0.497 e. The maximum absolute atomic E-state index is 12.3. The van der Waals surface area contributed by atoms with Crippen molar-refractivity contribution in [3.63, 3.8) is 0 Å². The standard InChI is InChI=1S/C20H22N4O2/c1-4-10-22-20(25)19-17(21)15-7-5-6-14(18(15)23-24-19)16-11-13(26-3)9-8-12(16)2/h5-9,11H,4,10H2,1-3H3,(H2,21,23)(H,22,25). The molecule has 3 N–H and O–H groups in total. The van der Waals surface area contributed by atoms with Gasteiger partial charge in [-0.05, 0) is 36.6 Å². The van der Waals surface area contributed by atoms with Gasteiger partial charge in [-0.3, -0.25) is 4.79 Å². The summed E-state index contributed by atoms with van der Waals surface area (Å²) in [5.74, 6) is 0.459. The minimum absolute atomic E-state index is 0.158. The molecular formula is C20H22N4O2. The number of nitrogens with zero attached hydrogens (tertiary/aromatic N) is 2. The number of anilines is 1. The van der Waals surface area contributed by atoms with Gasteiger partial charge in [0.25, 0.3) is 5.91 Å². The highest BCUT2D eigenvalue weighted by atomic mass is 16.5. The van der Waals surface area contributed by atoms with Crippen molar-refractivity contribution in [2.75, 3.05) is 19.4 Å². The monoisotopic (exact) mass is 350 g/mol. The lowest BCUT2D eigenvalue weighted by atomic mass is 9.97. The zero-order valence-corrected chi connectivity index (χ0v) is 15.2. The molecule has 3 rings (SSSR count). The second-order valence-corrected chi connectivity index (χ2v) is 6.10. The first kappa shape index (κ1) is 17.7. The lowest BCUT2D eigenvalue weighted by Crippen LogP contribution is -2.26. The van der Waals surface area contributed by atoms with E-state index in [9.17, 15) is 4.79 Å². The molecule has 0 unspecified atom stereocenters. The molecular weight excluding hydrogens is 328 g/mol. The predicted octanol–water partition coefficient (Wildman–Crippen LogP) is 3.34. The highest BCUT2D eigenvalue weighted by Gasteiger charge is 2.17. The van der Waals surface area contributed by atoms with Gasteiger partial charge < -0.3 is 15.8 Å². The van der Waals surface area contributed by atoms with E-state index < -0.39 is 0 Å². The Labute approximate surface area is 152 Å². The van der Waals surface area contributed by atoms with Gasteiger partial charge in [-0.2, -0.15) is 0 Å². The topological polar surface area (TPSA) is 90.1 Å². The summed E-state index contributed by atoms with van der Waals surface area (Å²) in [6, 6.07) is 11.6. The number of nitrogens with two attached hydrogens (primary N) is 1. The minimum atomic E-state index is -0.304. The summed E-state index contributed by atoms with van der Waals surface area (Å²) in [5.41, 5.74) is 10.4. The fourth-order valence-electron chi connectivity index (χ4n) is 2.88. The first-order valence-electron chi connectivity index (χ1n) is 8.55. The quantitative estimate of drug-likeness (QED) is 0.736. The van der Waals surface area contributed by atoms with E-state index in [1.54, 1.807) is 7.11 Å². The van der Waals surface area contributed by atoms with Crippen LogP contribution in [-0.4, -0.2) is 29.8 Å². The molecule has 26 heavy (non-hydrogen) atoms.